The largest absolute Gasteiger partial charge is 0.480 e. The van der Waals surface area contributed by atoms with E-state index in [2.05, 4.69) is 0 Å². The zero-order valence-corrected chi connectivity index (χ0v) is 13.0. The highest BCUT2D eigenvalue weighted by atomic mass is 32.2. The van der Waals surface area contributed by atoms with E-state index < -0.39 is 15.8 Å². The third kappa shape index (κ3) is 3.24. The molecule has 0 radical (unpaired) electrons. The van der Waals surface area contributed by atoms with Gasteiger partial charge in [0.1, 0.15) is 0 Å². The van der Waals surface area contributed by atoms with Crippen molar-refractivity contribution in [3.05, 3.63) is 0 Å². The Balaban J connectivity index is 1.74. The molecule has 1 aliphatic carbocycles. The second kappa shape index (κ2) is 5.52. The molecule has 1 spiro atoms. The lowest BCUT2D eigenvalue weighted by Gasteiger charge is -2.50. The Hall–Kier alpha value is -0.660. The van der Waals surface area contributed by atoms with Gasteiger partial charge in [-0.1, -0.05) is 0 Å². The van der Waals surface area contributed by atoms with Gasteiger partial charge in [0.05, 0.1) is 23.7 Å². The van der Waals surface area contributed by atoms with Crippen LogP contribution in [0, 0.1) is 0 Å². The quantitative estimate of drug-likeness (QED) is 0.820. The van der Waals surface area contributed by atoms with Crippen LogP contribution in [-0.4, -0.2) is 66.7 Å². The van der Waals surface area contributed by atoms with Crippen LogP contribution in [-0.2, 0) is 19.4 Å². The van der Waals surface area contributed by atoms with Crippen LogP contribution in [0.4, 0.5) is 0 Å². The van der Waals surface area contributed by atoms with Gasteiger partial charge >= 0.3 is 5.97 Å². The van der Waals surface area contributed by atoms with Crippen LogP contribution in [0.25, 0.3) is 0 Å². The monoisotopic (exact) mass is 317 g/mol. The van der Waals surface area contributed by atoms with Crippen LogP contribution in [0.2, 0.25) is 0 Å². The fraction of sp³-hybridized carbons (Fsp3) is 0.929. The van der Waals surface area contributed by atoms with Crippen LogP contribution in [0.15, 0.2) is 0 Å². The van der Waals surface area contributed by atoms with E-state index >= 15 is 0 Å². The van der Waals surface area contributed by atoms with Crippen LogP contribution in [0.3, 0.4) is 0 Å². The van der Waals surface area contributed by atoms with E-state index in [1.807, 2.05) is 4.90 Å². The highest BCUT2D eigenvalue weighted by Crippen LogP contribution is 2.44. The first-order valence-electron chi connectivity index (χ1n) is 7.71. The zero-order valence-electron chi connectivity index (χ0n) is 12.2. The average molecular weight is 317 g/mol. The molecule has 0 aromatic rings. The lowest BCUT2D eigenvalue weighted by molar-refractivity contribution is -0.157. The van der Waals surface area contributed by atoms with Crippen molar-refractivity contribution >= 4 is 15.8 Å². The maximum absolute atomic E-state index is 11.7. The lowest BCUT2D eigenvalue weighted by atomic mass is 9.73. The van der Waals surface area contributed by atoms with Gasteiger partial charge in [-0.2, -0.15) is 0 Å². The summed E-state index contributed by atoms with van der Waals surface area (Å²) in [6, 6.07) is -0.0141. The number of carbonyl (C=O) groups is 1. The molecule has 2 heterocycles. The highest BCUT2D eigenvalue weighted by Gasteiger charge is 2.46. The number of sulfone groups is 1. The Labute approximate surface area is 125 Å². The SMILES string of the molecule is O=C(O)CN(C1CCOC2(CCC2)C1)C1CCS(=O)(=O)C1. The van der Waals surface area contributed by atoms with Crippen molar-refractivity contribution in [3.63, 3.8) is 0 Å². The third-order valence-corrected chi connectivity index (χ3v) is 6.95. The second-order valence-electron chi connectivity index (χ2n) is 6.65. The van der Waals surface area contributed by atoms with Gasteiger partial charge in [-0.25, -0.2) is 8.42 Å². The van der Waals surface area contributed by atoms with Crippen LogP contribution in [0.1, 0.15) is 38.5 Å². The summed E-state index contributed by atoms with van der Waals surface area (Å²) in [5.74, 6) is -0.597. The van der Waals surface area contributed by atoms with E-state index in [0.717, 1.165) is 25.7 Å². The molecule has 3 fully saturated rings. The summed E-state index contributed by atoms with van der Waals surface area (Å²) >= 11 is 0. The van der Waals surface area contributed by atoms with Crippen LogP contribution in [0.5, 0.6) is 0 Å². The Morgan fingerprint density at radius 3 is 2.57 bits per heavy atom. The normalized spacial score (nSPS) is 34.0. The van der Waals surface area contributed by atoms with E-state index in [1.165, 1.54) is 6.42 Å². The van der Waals surface area contributed by atoms with Gasteiger partial charge in [0.2, 0.25) is 0 Å². The van der Waals surface area contributed by atoms with E-state index in [4.69, 9.17) is 4.74 Å². The molecule has 2 atom stereocenters. The van der Waals surface area contributed by atoms with Gasteiger partial charge in [-0.3, -0.25) is 9.69 Å². The van der Waals surface area contributed by atoms with Crippen LogP contribution < -0.4 is 0 Å². The van der Waals surface area contributed by atoms with E-state index in [0.29, 0.717) is 13.0 Å². The average Bonchev–Trinajstić information content (AvgIpc) is 2.74. The van der Waals surface area contributed by atoms with E-state index in [9.17, 15) is 18.3 Å². The van der Waals surface area contributed by atoms with Crippen molar-refractivity contribution in [2.24, 2.45) is 0 Å². The molecule has 7 heteroatoms. The molecule has 0 aromatic carbocycles. The summed E-state index contributed by atoms with van der Waals surface area (Å²) in [4.78, 5) is 13.1. The summed E-state index contributed by atoms with van der Waals surface area (Å²) in [5.41, 5.74) is -0.0584. The van der Waals surface area contributed by atoms with Gasteiger partial charge in [-0.15, -0.1) is 0 Å². The summed E-state index contributed by atoms with van der Waals surface area (Å²) in [5, 5.41) is 9.18. The number of carboxylic acid groups (broad SMARTS) is 1. The standard InChI is InChI=1S/C14H23NO5S/c16-13(17)9-15(12-3-7-21(18,19)10-12)11-2-6-20-14(8-11)4-1-5-14/h11-12H,1-10H2,(H,16,17). The first-order chi connectivity index (χ1) is 9.89. The lowest BCUT2D eigenvalue weighted by Crippen LogP contribution is -2.55. The molecule has 2 aliphatic heterocycles. The maximum atomic E-state index is 11.7. The number of carboxylic acids is 1. The number of aliphatic carboxylic acids is 1. The number of hydrogen-bond donors (Lipinski definition) is 1. The predicted octanol–water partition coefficient (Wildman–Crippen LogP) is 0.662. The summed E-state index contributed by atoms with van der Waals surface area (Å²) in [6.07, 6.45) is 5.46. The molecule has 3 aliphatic rings. The molecule has 0 aromatic heterocycles. The molecular formula is C14H23NO5S. The Kier molecular flexibility index (Phi) is 4.00. The van der Waals surface area contributed by atoms with E-state index in [1.54, 1.807) is 0 Å². The Morgan fingerprint density at radius 1 is 1.29 bits per heavy atom. The van der Waals surface area contributed by atoms with Crippen molar-refractivity contribution in [1.82, 2.24) is 4.90 Å². The van der Waals surface area contributed by atoms with Gasteiger partial charge < -0.3 is 9.84 Å². The minimum atomic E-state index is -3.00. The van der Waals surface area contributed by atoms with Gasteiger partial charge in [-0.05, 0) is 38.5 Å². The highest BCUT2D eigenvalue weighted by molar-refractivity contribution is 7.91. The van der Waals surface area contributed by atoms with Crippen molar-refractivity contribution < 1.29 is 23.1 Å². The van der Waals surface area contributed by atoms with Crippen molar-refractivity contribution in [1.29, 1.82) is 0 Å². The number of nitrogens with zero attached hydrogens (tertiary/aromatic N) is 1. The molecule has 0 amide bonds. The van der Waals surface area contributed by atoms with Gasteiger partial charge in [0, 0.05) is 18.7 Å². The first-order valence-corrected chi connectivity index (χ1v) is 9.53. The smallest absolute Gasteiger partial charge is 0.317 e. The molecule has 3 rings (SSSR count). The van der Waals surface area contributed by atoms with Crippen molar-refractivity contribution in [3.8, 4) is 0 Å². The predicted molar refractivity (Wildman–Crippen MR) is 77.0 cm³/mol. The molecule has 2 saturated heterocycles. The van der Waals surface area contributed by atoms with Gasteiger partial charge in [0.15, 0.2) is 9.84 Å². The minimum absolute atomic E-state index is 0.0584. The van der Waals surface area contributed by atoms with Crippen molar-refractivity contribution in [2.75, 3.05) is 24.7 Å². The number of rotatable bonds is 4. The summed E-state index contributed by atoms with van der Waals surface area (Å²) in [7, 11) is -3.00. The Bertz CT molecular complexity index is 513. The van der Waals surface area contributed by atoms with Crippen molar-refractivity contribution in [2.45, 2.75) is 56.2 Å². The first kappa shape index (κ1) is 15.2. The molecule has 21 heavy (non-hydrogen) atoms. The summed E-state index contributed by atoms with van der Waals surface area (Å²) in [6.45, 7) is 0.585. The second-order valence-corrected chi connectivity index (χ2v) is 8.88. The van der Waals surface area contributed by atoms with E-state index in [-0.39, 0.29) is 35.7 Å². The molecule has 6 nitrogen and oxygen atoms in total. The molecule has 120 valence electrons. The number of hydrogen-bond acceptors (Lipinski definition) is 5. The fourth-order valence-electron chi connectivity index (χ4n) is 3.95. The summed E-state index contributed by atoms with van der Waals surface area (Å²) < 4.78 is 29.3. The molecule has 1 saturated carbocycles. The third-order valence-electron chi connectivity index (χ3n) is 5.20. The zero-order chi connectivity index (χ0) is 15.1. The fourth-order valence-corrected chi connectivity index (χ4v) is 5.70. The van der Waals surface area contributed by atoms with Crippen LogP contribution >= 0.6 is 0 Å². The topological polar surface area (TPSA) is 83.9 Å². The molecule has 0 bridgehead atoms. The molecule has 2 unspecified atom stereocenters. The number of ether oxygens (including phenoxy) is 1. The molecule has 1 N–H and O–H groups in total. The molecular weight excluding hydrogens is 294 g/mol. The maximum Gasteiger partial charge on any atom is 0.317 e. The Morgan fingerprint density at radius 2 is 2.05 bits per heavy atom. The minimum Gasteiger partial charge on any atom is -0.480 e. The van der Waals surface area contributed by atoms with Gasteiger partial charge in [0.25, 0.3) is 0 Å².